The molecule has 0 radical (unpaired) electrons. The lowest BCUT2D eigenvalue weighted by atomic mass is 10.0. The van der Waals surface area contributed by atoms with Gasteiger partial charge < -0.3 is 20.7 Å². The Morgan fingerprint density at radius 1 is 1.36 bits per heavy atom. The van der Waals surface area contributed by atoms with Crippen molar-refractivity contribution in [3.63, 3.8) is 0 Å². The molecule has 0 aromatic heterocycles. The van der Waals surface area contributed by atoms with E-state index in [2.05, 4.69) is 16.0 Å². The summed E-state index contributed by atoms with van der Waals surface area (Å²) in [5.74, 6) is 0.580. The molecule has 6 heteroatoms. The molecule has 1 aliphatic rings. The van der Waals surface area contributed by atoms with Gasteiger partial charge in [-0.25, -0.2) is 0 Å². The number of carbonyl (C=O) groups is 2. The van der Waals surface area contributed by atoms with Crippen LogP contribution in [0.25, 0.3) is 0 Å². The Morgan fingerprint density at radius 3 is 2.95 bits per heavy atom. The minimum Gasteiger partial charge on any atom is -0.492 e. The van der Waals surface area contributed by atoms with Crippen molar-refractivity contribution in [3.05, 3.63) is 24.3 Å². The second-order valence-corrected chi connectivity index (χ2v) is 5.35. The van der Waals surface area contributed by atoms with Gasteiger partial charge in [0.25, 0.3) is 0 Å². The highest BCUT2D eigenvalue weighted by Gasteiger charge is 2.19. The molecule has 22 heavy (non-hydrogen) atoms. The van der Waals surface area contributed by atoms with E-state index in [4.69, 9.17) is 4.74 Å². The molecule has 1 aromatic carbocycles. The van der Waals surface area contributed by atoms with Crippen molar-refractivity contribution in [2.75, 3.05) is 25.0 Å². The van der Waals surface area contributed by atoms with Gasteiger partial charge in [0.1, 0.15) is 12.4 Å². The lowest BCUT2D eigenvalue weighted by molar-refractivity contribution is -0.123. The molecule has 1 fully saturated rings. The third-order valence-electron chi connectivity index (χ3n) is 3.45. The molecule has 120 valence electrons. The Labute approximate surface area is 130 Å². The third kappa shape index (κ3) is 5.37. The first-order chi connectivity index (χ1) is 10.6. The predicted octanol–water partition coefficient (Wildman–Crippen LogP) is 1.28. The van der Waals surface area contributed by atoms with Crippen LogP contribution >= 0.6 is 0 Å². The summed E-state index contributed by atoms with van der Waals surface area (Å²) in [5, 5.41) is 8.78. The highest BCUT2D eigenvalue weighted by atomic mass is 16.5. The van der Waals surface area contributed by atoms with Crippen LogP contribution in [0, 0.1) is 0 Å². The second kappa shape index (κ2) is 8.38. The average Bonchev–Trinajstić information content (AvgIpc) is 2.52. The van der Waals surface area contributed by atoms with Gasteiger partial charge in [0.15, 0.2) is 0 Å². The van der Waals surface area contributed by atoms with Crippen molar-refractivity contribution in [3.8, 4) is 5.75 Å². The lowest BCUT2D eigenvalue weighted by Crippen LogP contribution is -2.47. The van der Waals surface area contributed by atoms with Gasteiger partial charge in [-0.1, -0.05) is 12.5 Å². The summed E-state index contributed by atoms with van der Waals surface area (Å²) < 4.78 is 5.58. The van der Waals surface area contributed by atoms with Crippen LogP contribution in [0.5, 0.6) is 5.75 Å². The van der Waals surface area contributed by atoms with Gasteiger partial charge in [-0.2, -0.15) is 0 Å². The van der Waals surface area contributed by atoms with Gasteiger partial charge in [0.05, 0.1) is 12.6 Å². The minimum atomic E-state index is -0.121. The summed E-state index contributed by atoms with van der Waals surface area (Å²) >= 11 is 0. The van der Waals surface area contributed by atoms with Gasteiger partial charge in [-0.15, -0.1) is 0 Å². The number of carbonyl (C=O) groups excluding carboxylic acids is 2. The molecule has 1 aromatic rings. The summed E-state index contributed by atoms with van der Waals surface area (Å²) in [7, 11) is 0. The van der Waals surface area contributed by atoms with E-state index in [0.717, 1.165) is 25.8 Å². The summed E-state index contributed by atoms with van der Waals surface area (Å²) in [6.45, 7) is 3.22. The summed E-state index contributed by atoms with van der Waals surface area (Å²) in [6.07, 6.45) is 3.13. The molecule has 2 amide bonds. The van der Waals surface area contributed by atoms with Crippen LogP contribution in [-0.4, -0.2) is 37.6 Å². The number of rotatable bonds is 6. The van der Waals surface area contributed by atoms with Crippen LogP contribution in [0.4, 0.5) is 5.69 Å². The molecule has 1 aliphatic heterocycles. The molecule has 6 nitrogen and oxygen atoms in total. The van der Waals surface area contributed by atoms with E-state index < -0.39 is 0 Å². The molecule has 2 rings (SSSR count). The van der Waals surface area contributed by atoms with E-state index in [1.54, 1.807) is 12.1 Å². The zero-order valence-electron chi connectivity index (χ0n) is 12.9. The SMILES string of the molecule is CC(=O)Nc1cccc(OCCNC(=O)C2CCCCN2)c1. The number of benzene rings is 1. The summed E-state index contributed by atoms with van der Waals surface area (Å²) in [6, 6.07) is 7.11. The number of hydrogen-bond acceptors (Lipinski definition) is 4. The average molecular weight is 305 g/mol. The van der Waals surface area contributed by atoms with Crippen LogP contribution in [-0.2, 0) is 9.59 Å². The molecule has 0 bridgehead atoms. The molecule has 0 spiro atoms. The van der Waals surface area contributed by atoms with Crippen LogP contribution in [0.15, 0.2) is 24.3 Å². The summed E-state index contributed by atoms with van der Waals surface area (Å²) in [4.78, 5) is 22.9. The van der Waals surface area contributed by atoms with Crippen LogP contribution in [0.3, 0.4) is 0 Å². The first kappa shape index (κ1) is 16.3. The zero-order valence-corrected chi connectivity index (χ0v) is 12.9. The van der Waals surface area contributed by atoms with E-state index in [-0.39, 0.29) is 17.9 Å². The maximum Gasteiger partial charge on any atom is 0.237 e. The van der Waals surface area contributed by atoms with Gasteiger partial charge in [0.2, 0.25) is 11.8 Å². The monoisotopic (exact) mass is 305 g/mol. The summed E-state index contributed by atoms with van der Waals surface area (Å²) in [5.41, 5.74) is 0.695. The molecule has 1 saturated heterocycles. The van der Waals surface area contributed by atoms with Crippen LogP contribution in [0.1, 0.15) is 26.2 Å². The Bertz CT molecular complexity index is 513. The van der Waals surface area contributed by atoms with Gasteiger partial charge in [-0.3, -0.25) is 9.59 Å². The Hall–Kier alpha value is -2.08. The highest BCUT2D eigenvalue weighted by molar-refractivity contribution is 5.88. The standard InChI is InChI=1S/C16H23N3O3/c1-12(20)19-13-5-4-6-14(11-13)22-10-9-18-16(21)15-7-2-3-8-17-15/h4-6,11,15,17H,2-3,7-10H2,1H3,(H,18,21)(H,19,20). The fraction of sp³-hybridized carbons (Fsp3) is 0.500. The molecule has 1 heterocycles. The fourth-order valence-electron chi connectivity index (χ4n) is 2.41. The zero-order chi connectivity index (χ0) is 15.8. The normalized spacial score (nSPS) is 17.6. The molecule has 0 saturated carbocycles. The molecule has 3 N–H and O–H groups in total. The third-order valence-corrected chi connectivity index (χ3v) is 3.45. The van der Waals surface area contributed by atoms with Crippen molar-refractivity contribution >= 4 is 17.5 Å². The van der Waals surface area contributed by atoms with E-state index in [0.29, 0.717) is 24.6 Å². The Kier molecular flexibility index (Phi) is 6.21. The van der Waals surface area contributed by atoms with E-state index in [9.17, 15) is 9.59 Å². The number of piperidine rings is 1. The van der Waals surface area contributed by atoms with Crippen molar-refractivity contribution in [1.29, 1.82) is 0 Å². The van der Waals surface area contributed by atoms with Gasteiger partial charge in [0, 0.05) is 18.7 Å². The number of hydrogen-bond donors (Lipinski definition) is 3. The highest BCUT2D eigenvalue weighted by Crippen LogP contribution is 2.17. The van der Waals surface area contributed by atoms with E-state index in [1.165, 1.54) is 6.92 Å². The number of ether oxygens (including phenoxy) is 1. The maximum absolute atomic E-state index is 11.9. The Balaban J connectivity index is 1.69. The van der Waals surface area contributed by atoms with Gasteiger partial charge in [-0.05, 0) is 31.5 Å². The molecule has 0 aliphatic carbocycles. The van der Waals surface area contributed by atoms with Gasteiger partial charge >= 0.3 is 0 Å². The number of anilines is 1. The quantitative estimate of drug-likeness (QED) is 0.692. The fourth-order valence-corrected chi connectivity index (χ4v) is 2.41. The van der Waals surface area contributed by atoms with E-state index >= 15 is 0 Å². The molecular weight excluding hydrogens is 282 g/mol. The molecule has 1 unspecified atom stereocenters. The number of nitrogens with one attached hydrogen (secondary N) is 3. The van der Waals surface area contributed by atoms with Crippen LogP contribution < -0.4 is 20.7 Å². The molecule has 1 atom stereocenters. The van der Waals surface area contributed by atoms with Crippen molar-refractivity contribution < 1.29 is 14.3 Å². The minimum absolute atomic E-state index is 0.0373. The second-order valence-electron chi connectivity index (χ2n) is 5.35. The van der Waals surface area contributed by atoms with Crippen LogP contribution in [0.2, 0.25) is 0 Å². The van der Waals surface area contributed by atoms with Crippen molar-refractivity contribution in [2.24, 2.45) is 0 Å². The maximum atomic E-state index is 11.9. The topological polar surface area (TPSA) is 79.5 Å². The first-order valence-electron chi connectivity index (χ1n) is 7.67. The lowest BCUT2D eigenvalue weighted by Gasteiger charge is -2.22. The first-order valence-corrected chi connectivity index (χ1v) is 7.67. The van der Waals surface area contributed by atoms with Crippen molar-refractivity contribution in [2.45, 2.75) is 32.2 Å². The largest absolute Gasteiger partial charge is 0.492 e. The van der Waals surface area contributed by atoms with Crippen molar-refractivity contribution in [1.82, 2.24) is 10.6 Å². The smallest absolute Gasteiger partial charge is 0.237 e. The Morgan fingerprint density at radius 2 is 2.23 bits per heavy atom. The molecular formula is C16H23N3O3. The predicted molar refractivity (Wildman–Crippen MR) is 84.9 cm³/mol. The number of amides is 2. The van der Waals surface area contributed by atoms with E-state index in [1.807, 2.05) is 12.1 Å².